The lowest BCUT2D eigenvalue weighted by Crippen LogP contribution is -2.23. The largest absolute Gasteiger partial charge is 0.497 e. The number of hydrogen-bond acceptors (Lipinski definition) is 5. The maximum atomic E-state index is 12.6. The first kappa shape index (κ1) is 18.0. The van der Waals surface area contributed by atoms with Gasteiger partial charge in [0.25, 0.3) is 5.56 Å². The number of rotatable bonds is 6. The predicted molar refractivity (Wildman–Crippen MR) is 104 cm³/mol. The summed E-state index contributed by atoms with van der Waals surface area (Å²) in [7, 11) is 1.59. The van der Waals surface area contributed by atoms with Crippen molar-refractivity contribution in [3.05, 3.63) is 58.9 Å². The molecule has 2 aromatic carbocycles. The molecule has 0 fully saturated rings. The predicted octanol–water partition coefficient (Wildman–Crippen LogP) is 3.16. The molecule has 0 aliphatic carbocycles. The molecule has 26 heavy (non-hydrogen) atoms. The molecule has 0 radical (unpaired) electrons. The van der Waals surface area contributed by atoms with Crippen LogP contribution in [-0.2, 0) is 11.3 Å². The number of amides is 1. The molecule has 0 spiro atoms. The second kappa shape index (κ2) is 8.05. The van der Waals surface area contributed by atoms with E-state index in [9.17, 15) is 9.59 Å². The maximum Gasteiger partial charge on any atom is 0.262 e. The Balaban J connectivity index is 1.74. The molecule has 1 N–H and O–H groups in total. The Kier molecular flexibility index (Phi) is 5.58. The second-order valence-electron chi connectivity index (χ2n) is 5.53. The number of methoxy groups -OCH3 is 1. The van der Waals surface area contributed by atoms with Gasteiger partial charge in [0.05, 0.1) is 23.8 Å². The van der Waals surface area contributed by atoms with Gasteiger partial charge in [-0.15, -0.1) is 0 Å². The van der Waals surface area contributed by atoms with Crippen molar-refractivity contribution in [2.75, 3.05) is 18.2 Å². The third-order valence-corrected chi connectivity index (χ3v) is 4.83. The van der Waals surface area contributed by atoms with E-state index >= 15 is 0 Å². The number of para-hydroxylation sites is 1. The quantitative estimate of drug-likeness (QED) is 0.534. The Morgan fingerprint density at radius 1 is 1.19 bits per heavy atom. The Morgan fingerprint density at radius 3 is 2.62 bits per heavy atom. The van der Waals surface area contributed by atoms with E-state index in [-0.39, 0.29) is 17.2 Å². The molecule has 0 bridgehead atoms. The fraction of sp³-hybridized carbons (Fsp3) is 0.211. The van der Waals surface area contributed by atoms with E-state index in [1.165, 1.54) is 11.8 Å². The van der Waals surface area contributed by atoms with Crippen LogP contribution >= 0.6 is 11.8 Å². The standard InChI is InChI=1S/C19H19N3O3S/c1-3-22-18(24)15-6-4-5-7-16(15)21-19(22)26-12-17(23)20-13-8-10-14(25-2)11-9-13/h4-11H,3,12H2,1-2H3,(H,20,23). The van der Waals surface area contributed by atoms with Gasteiger partial charge in [-0.1, -0.05) is 23.9 Å². The van der Waals surface area contributed by atoms with Gasteiger partial charge >= 0.3 is 0 Å². The summed E-state index contributed by atoms with van der Waals surface area (Å²) < 4.78 is 6.68. The monoisotopic (exact) mass is 369 g/mol. The van der Waals surface area contributed by atoms with Crippen molar-refractivity contribution < 1.29 is 9.53 Å². The number of hydrogen-bond donors (Lipinski definition) is 1. The summed E-state index contributed by atoms with van der Waals surface area (Å²) >= 11 is 1.25. The van der Waals surface area contributed by atoms with Gasteiger partial charge in [0.1, 0.15) is 5.75 Å². The number of thioether (sulfide) groups is 1. The Hall–Kier alpha value is -2.80. The van der Waals surface area contributed by atoms with Crippen LogP contribution in [0.3, 0.4) is 0 Å². The van der Waals surface area contributed by atoms with Crippen molar-refractivity contribution in [2.45, 2.75) is 18.6 Å². The Morgan fingerprint density at radius 2 is 1.92 bits per heavy atom. The van der Waals surface area contributed by atoms with Crippen LogP contribution in [0.4, 0.5) is 5.69 Å². The second-order valence-corrected chi connectivity index (χ2v) is 6.47. The van der Waals surface area contributed by atoms with E-state index in [4.69, 9.17) is 4.74 Å². The summed E-state index contributed by atoms with van der Waals surface area (Å²) in [6.45, 7) is 2.39. The lowest BCUT2D eigenvalue weighted by atomic mass is 10.2. The minimum absolute atomic E-state index is 0.0869. The summed E-state index contributed by atoms with van der Waals surface area (Å²) in [6, 6.07) is 14.3. The van der Waals surface area contributed by atoms with Gasteiger partial charge in [-0.25, -0.2) is 4.98 Å². The summed E-state index contributed by atoms with van der Waals surface area (Å²) in [5.41, 5.74) is 1.24. The van der Waals surface area contributed by atoms with Crippen LogP contribution in [0.1, 0.15) is 6.92 Å². The summed E-state index contributed by atoms with van der Waals surface area (Å²) in [5.74, 6) is 0.728. The van der Waals surface area contributed by atoms with Gasteiger partial charge in [-0.3, -0.25) is 14.2 Å². The zero-order valence-corrected chi connectivity index (χ0v) is 15.4. The number of anilines is 1. The smallest absolute Gasteiger partial charge is 0.262 e. The third-order valence-electron chi connectivity index (χ3n) is 3.85. The molecule has 6 nitrogen and oxygen atoms in total. The number of ether oxygens (including phenoxy) is 1. The summed E-state index contributed by atoms with van der Waals surface area (Å²) in [4.78, 5) is 29.3. The molecular weight excluding hydrogens is 350 g/mol. The molecule has 0 atom stereocenters. The van der Waals surface area contributed by atoms with Gasteiger partial charge in [-0.05, 0) is 43.3 Å². The summed E-state index contributed by atoms with van der Waals surface area (Å²) in [5, 5.41) is 3.95. The average Bonchev–Trinajstić information content (AvgIpc) is 2.67. The van der Waals surface area contributed by atoms with Crippen molar-refractivity contribution in [1.82, 2.24) is 9.55 Å². The van der Waals surface area contributed by atoms with Crippen molar-refractivity contribution in [2.24, 2.45) is 0 Å². The fourth-order valence-corrected chi connectivity index (χ4v) is 3.40. The first-order valence-corrected chi connectivity index (χ1v) is 9.17. The highest BCUT2D eigenvalue weighted by Crippen LogP contribution is 2.19. The molecule has 0 saturated heterocycles. The third kappa shape index (κ3) is 3.88. The van der Waals surface area contributed by atoms with Crippen LogP contribution < -0.4 is 15.6 Å². The highest BCUT2D eigenvalue weighted by Gasteiger charge is 2.12. The molecule has 1 heterocycles. The number of fused-ring (bicyclic) bond motifs is 1. The molecule has 3 rings (SSSR count). The van der Waals surface area contributed by atoms with Gasteiger partial charge in [0.15, 0.2) is 5.16 Å². The van der Waals surface area contributed by atoms with Crippen LogP contribution in [0.2, 0.25) is 0 Å². The fourth-order valence-electron chi connectivity index (χ4n) is 2.54. The van der Waals surface area contributed by atoms with E-state index in [1.807, 2.05) is 19.1 Å². The van der Waals surface area contributed by atoms with Crippen LogP contribution in [-0.4, -0.2) is 28.3 Å². The molecule has 1 aromatic heterocycles. The van der Waals surface area contributed by atoms with Crippen molar-refractivity contribution in [3.63, 3.8) is 0 Å². The first-order valence-electron chi connectivity index (χ1n) is 8.18. The molecule has 1 amide bonds. The number of nitrogens with zero attached hydrogens (tertiary/aromatic N) is 2. The van der Waals surface area contributed by atoms with Crippen molar-refractivity contribution >= 4 is 34.3 Å². The van der Waals surface area contributed by atoms with Crippen LogP contribution in [0.5, 0.6) is 5.75 Å². The highest BCUT2D eigenvalue weighted by molar-refractivity contribution is 7.99. The Bertz CT molecular complexity index is 983. The molecule has 0 aliphatic rings. The van der Waals surface area contributed by atoms with Gasteiger partial charge in [0, 0.05) is 12.2 Å². The van der Waals surface area contributed by atoms with E-state index in [2.05, 4.69) is 10.3 Å². The average molecular weight is 369 g/mol. The minimum atomic E-state index is -0.162. The number of benzene rings is 2. The topological polar surface area (TPSA) is 73.2 Å². The van der Waals surface area contributed by atoms with E-state index in [0.29, 0.717) is 28.3 Å². The first-order chi connectivity index (χ1) is 12.6. The Labute approximate surface area is 155 Å². The molecule has 0 aliphatic heterocycles. The highest BCUT2D eigenvalue weighted by atomic mass is 32.2. The zero-order chi connectivity index (χ0) is 18.5. The lowest BCUT2D eigenvalue weighted by molar-refractivity contribution is -0.113. The molecule has 7 heteroatoms. The number of aromatic nitrogens is 2. The van der Waals surface area contributed by atoms with Gasteiger partial charge in [-0.2, -0.15) is 0 Å². The van der Waals surface area contributed by atoms with E-state index in [1.54, 1.807) is 48.1 Å². The van der Waals surface area contributed by atoms with Crippen molar-refractivity contribution in [3.8, 4) is 5.75 Å². The lowest BCUT2D eigenvalue weighted by Gasteiger charge is -2.11. The molecule has 0 unspecified atom stereocenters. The van der Waals surface area contributed by atoms with E-state index < -0.39 is 0 Å². The molecular formula is C19H19N3O3S. The van der Waals surface area contributed by atoms with Gasteiger partial charge < -0.3 is 10.1 Å². The minimum Gasteiger partial charge on any atom is -0.497 e. The molecule has 3 aromatic rings. The van der Waals surface area contributed by atoms with Crippen LogP contribution in [0.25, 0.3) is 10.9 Å². The number of nitrogens with one attached hydrogen (secondary N) is 1. The SMILES string of the molecule is CCn1c(SCC(=O)Nc2ccc(OC)cc2)nc2ccccc2c1=O. The maximum absolute atomic E-state index is 12.6. The van der Waals surface area contributed by atoms with Crippen molar-refractivity contribution in [1.29, 1.82) is 0 Å². The molecule has 134 valence electrons. The van der Waals surface area contributed by atoms with Crippen LogP contribution in [0, 0.1) is 0 Å². The number of carbonyl (C=O) groups is 1. The zero-order valence-electron chi connectivity index (χ0n) is 14.6. The normalized spacial score (nSPS) is 10.7. The number of carbonyl (C=O) groups excluding carboxylic acids is 1. The summed E-state index contributed by atoms with van der Waals surface area (Å²) in [6.07, 6.45) is 0. The van der Waals surface area contributed by atoms with Gasteiger partial charge in [0.2, 0.25) is 5.91 Å². The van der Waals surface area contributed by atoms with E-state index in [0.717, 1.165) is 5.75 Å². The molecule has 0 saturated carbocycles. The van der Waals surface area contributed by atoms with Crippen LogP contribution in [0.15, 0.2) is 58.5 Å².